The number of aliphatic carboxylic acids is 1. The van der Waals surface area contributed by atoms with Crippen molar-refractivity contribution in [3.63, 3.8) is 0 Å². The second-order valence-corrected chi connectivity index (χ2v) is 10.6. The van der Waals surface area contributed by atoms with Gasteiger partial charge in [0.2, 0.25) is 5.60 Å². The lowest BCUT2D eigenvalue weighted by molar-refractivity contribution is -0.228. The van der Waals surface area contributed by atoms with E-state index in [-0.39, 0.29) is 18.8 Å². The first-order valence-electron chi connectivity index (χ1n) is 11.8. The van der Waals surface area contributed by atoms with Gasteiger partial charge in [0.15, 0.2) is 11.5 Å². The molecule has 7 nitrogen and oxygen atoms in total. The molecule has 0 aromatic rings. The van der Waals surface area contributed by atoms with Crippen molar-refractivity contribution in [2.24, 2.45) is 28.6 Å². The summed E-state index contributed by atoms with van der Waals surface area (Å²) in [5, 5.41) is 21.7. The highest BCUT2D eigenvalue weighted by molar-refractivity contribution is 6.01. The largest absolute Gasteiger partial charge is 0.509 e. The van der Waals surface area contributed by atoms with Gasteiger partial charge in [0, 0.05) is 22.7 Å². The number of carboxylic acids is 1. The SMILES string of the molecule is CCCOC(=O)O[C@]1(C(=O)O)[C@H](C)C[C@H]2[C@@H]3CCC4=CC(=O)C=C[C@]4(C)[C@@]3(F)[C@@H](O)C[C@@]21C. The maximum Gasteiger partial charge on any atom is 0.509 e. The van der Waals surface area contributed by atoms with Crippen molar-refractivity contribution in [1.82, 2.24) is 0 Å². The third kappa shape index (κ3) is 2.92. The van der Waals surface area contributed by atoms with E-state index in [0.29, 0.717) is 31.3 Å². The molecule has 0 unspecified atom stereocenters. The number of aliphatic hydroxyl groups excluding tert-OH is 1. The quantitative estimate of drug-likeness (QED) is 0.605. The van der Waals surface area contributed by atoms with E-state index < -0.39 is 58.1 Å². The molecular weight excluding hydrogens is 431 g/mol. The van der Waals surface area contributed by atoms with Crippen LogP contribution in [0.2, 0.25) is 0 Å². The fourth-order valence-electron chi connectivity index (χ4n) is 7.59. The number of hydrogen-bond donors (Lipinski definition) is 2. The monoisotopic (exact) mass is 464 g/mol. The molecule has 2 N–H and O–H groups in total. The van der Waals surface area contributed by atoms with E-state index in [1.807, 2.05) is 6.92 Å². The first-order chi connectivity index (χ1) is 15.4. The highest BCUT2D eigenvalue weighted by Gasteiger charge is 2.77. The molecule has 8 atom stereocenters. The number of carbonyl (C=O) groups excluding carboxylic acids is 2. The van der Waals surface area contributed by atoms with Crippen molar-refractivity contribution in [3.8, 4) is 0 Å². The summed E-state index contributed by atoms with van der Waals surface area (Å²) in [7, 11) is 0. The molecule has 0 aliphatic heterocycles. The molecule has 3 saturated carbocycles. The van der Waals surface area contributed by atoms with Crippen LogP contribution in [0.4, 0.5) is 9.18 Å². The van der Waals surface area contributed by atoms with Crippen molar-refractivity contribution < 1.29 is 38.5 Å². The Hall–Kier alpha value is -2.22. The maximum absolute atomic E-state index is 17.1. The van der Waals surface area contributed by atoms with Crippen molar-refractivity contribution >= 4 is 17.9 Å². The van der Waals surface area contributed by atoms with E-state index in [0.717, 1.165) is 0 Å². The van der Waals surface area contributed by atoms with Gasteiger partial charge in [0.1, 0.15) is 0 Å². The number of fused-ring (bicyclic) bond motifs is 5. The number of carboxylic acid groups (broad SMARTS) is 1. The van der Waals surface area contributed by atoms with E-state index in [1.165, 1.54) is 12.2 Å². The third-order valence-corrected chi connectivity index (χ3v) is 9.17. The van der Waals surface area contributed by atoms with Crippen LogP contribution in [0.15, 0.2) is 23.8 Å². The molecule has 0 spiro atoms. The topological polar surface area (TPSA) is 110 Å². The first-order valence-corrected chi connectivity index (χ1v) is 11.8. The van der Waals surface area contributed by atoms with Gasteiger partial charge in [0.05, 0.1) is 12.7 Å². The maximum atomic E-state index is 17.1. The lowest BCUT2D eigenvalue weighted by Crippen LogP contribution is -2.69. The Labute approximate surface area is 193 Å². The molecule has 4 aliphatic carbocycles. The summed E-state index contributed by atoms with van der Waals surface area (Å²) in [5.41, 5.74) is -5.72. The van der Waals surface area contributed by atoms with Gasteiger partial charge in [-0.15, -0.1) is 0 Å². The van der Waals surface area contributed by atoms with E-state index in [2.05, 4.69) is 0 Å². The zero-order valence-electron chi connectivity index (χ0n) is 19.6. The van der Waals surface area contributed by atoms with Crippen LogP contribution in [0, 0.1) is 28.6 Å². The molecule has 3 fully saturated rings. The average molecular weight is 465 g/mol. The van der Waals surface area contributed by atoms with E-state index in [4.69, 9.17) is 9.47 Å². The average Bonchev–Trinajstić information content (AvgIpc) is 2.96. The Morgan fingerprint density at radius 3 is 2.61 bits per heavy atom. The van der Waals surface area contributed by atoms with E-state index >= 15 is 4.39 Å². The molecule has 0 bridgehead atoms. The summed E-state index contributed by atoms with van der Waals surface area (Å²) in [4.78, 5) is 37.1. The highest BCUT2D eigenvalue weighted by Crippen LogP contribution is 2.71. The van der Waals surface area contributed by atoms with Crippen LogP contribution >= 0.6 is 0 Å². The minimum absolute atomic E-state index is 0.0976. The molecule has 8 heteroatoms. The predicted octanol–water partition coefficient (Wildman–Crippen LogP) is 3.99. The van der Waals surface area contributed by atoms with Crippen molar-refractivity contribution in [2.75, 3.05) is 6.61 Å². The fourth-order valence-corrected chi connectivity index (χ4v) is 7.59. The van der Waals surface area contributed by atoms with Gasteiger partial charge < -0.3 is 19.7 Å². The number of ketones is 1. The van der Waals surface area contributed by atoms with Crippen LogP contribution in [0.5, 0.6) is 0 Å². The molecule has 0 saturated heterocycles. The Balaban J connectivity index is 1.78. The van der Waals surface area contributed by atoms with E-state index in [9.17, 15) is 24.6 Å². The van der Waals surface area contributed by atoms with Gasteiger partial charge in [0.25, 0.3) is 0 Å². The second kappa shape index (κ2) is 7.65. The molecule has 0 amide bonds. The van der Waals surface area contributed by atoms with Crippen LogP contribution in [0.25, 0.3) is 0 Å². The zero-order valence-corrected chi connectivity index (χ0v) is 19.6. The molecule has 4 rings (SSSR count). The number of alkyl halides is 1. The summed E-state index contributed by atoms with van der Waals surface area (Å²) in [5.74, 6) is -3.22. The minimum atomic E-state index is -2.07. The van der Waals surface area contributed by atoms with Gasteiger partial charge in [-0.2, -0.15) is 0 Å². The van der Waals surface area contributed by atoms with Gasteiger partial charge in [-0.05, 0) is 57.1 Å². The first kappa shape index (κ1) is 23.9. The minimum Gasteiger partial charge on any atom is -0.478 e. The van der Waals surface area contributed by atoms with Crippen LogP contribution in [-0.2, 0) is 19.1 Å². The molecule has 4 aliphatic rings. The second-order valence-electron chi connectivity index (χ2n) is 10.6. The Bertz CT molecular complexity index is 943. The lowest BCUT2D eigenvalue weighted by Gasteiger charge is -2.62. The van der Waals surface area contributed by atoms with Gasteiger partial charge in [-0.25, -0.2) is 14.0 Å². The number of allylic oxidation sites excluding steroid dienone is 4. The molecule has 0 aromatic heterocycles. The van der Waals surface area contributed by atoms with Crippen molar-refractivity contribution in [1.29, 1.82) is 0 Å². The number of rotatable bonds is 4. The third-order valence-electron chi connectivity index (χ3n) is 9.17. The zero-order chi connectivity index (χ0) is 24.4. The molecule has 182 valence electrons. The summed E-state index contributed by atoms with van der Waals surface area (Å²) in [6, 6.07) is 0. The summed E-state index contributed by atoms with van der Waals surface area (Å²) >= 11 is 0. The van der Waals surface area contributed by atoms with E-state index in [1.54, 1.807) is 26.8 Å². The van der Waals surface area contributed by atoms with Gasteiger partial charge >= 0.3 is 12.1 Å². The van der Waals surface area contributed by atoms with Crippen LogP contribution < -0.4 is 0 Å². The van der Waals surface area contributed by atoms with Gasteiger partial charge in [-0.1, -0.05) is 32.4 Å². The van der Waals surface area contributed by atoms with Gasteiger partial charge in [-0.3, -0.25) is 4.79 Å². The summed E-state index contributed by atoms with van der Waals surface area (Å²) < 4.78 is 27.8. The number of hydrogen-bond acceptors (Lipinski definition) is 6. The Kier molecular flexibility index (Phi) is 5.55. The van der Waals surface area contributed by atoms with Crippen molar-refractivity contribution in [2.45, 2.75) is 77.2 Å². The predicted molar refractivity (Wildman–Crippen MR) is 116 cm³/mol. The summed E-state index contributed by atoms with van der Waals surface area (Å²) in [6.07, 6.45) is 3.36. The molecule has 0 heterocycles. The molecule has 0 radical (unpaired) electrons. The summed E-state index contributed by atoms with van der Waals surface area (Å²) in [6.45, 7) is 7.01. The highest BCUT2D eigenvalue weighted by atomic mass is 19.1. The Morgan fingerprint density at radius 2 is 1.97 bits per heavy atom. The number of ether oxygens (including phenoxy) is 2. The van der Waals surface area contributed by atoms with Crippen LogP contribution in [0.1, 0.15) is 59.8 Å². The normalized spacial score (nSPS) is 46.0. The lowest BCUT2D eigenvalue weighted by atomic mass is 9.45. The van der Waals surface area contributed by atoms with Crippen LogP contribution in [0.3, 0.4) is 0 Å². The molecular formula is C25H33FO7. The van der Waals surface area contributed by atoms with Crippen LogP contribution in [-0.4, -0.2) is 52.1 Å². The molecule has 33 heavy (non-hydrogen) atoms. The van der Waals surface area contributed by atoms with Crippen molar-refractivity contribution in [3.05, 3.63) is 23.8 Å². The smallest absolute Gasteiger partial charge is 0.478 e. The Morgan fingerprint density at radius 1 is 1.27 bits per heavy atom. The number of halogens is 1. The fraction of sp³-hybridized carbons (Fsp3) is 0.720. The number of aliphatic hydroxyl groups is 1. The number of carbonyl (C=O) groups is 3. The standard InChI is InChI=1S/C25H33FO7/c1-5-10-32-21(31)33-25(20(29)30)14(2)11-18-17-7-6-15-12-16(27)8-9-22(15,3)24(17,26)19(28)13-23(18,25)4/h8-9,12,14,17-19,28H,5-7,10-11,13H2,1-4H3,(H,29,30)/t14-,17+,18+,19+,22+,23+,24+,25+/m1/s1. The molecule has 0 aromatic carbocycles.